The van der Waals surface area contributed by atoms with Gasteiger partial charge >= 0.3 is 5.97 Å². The maximum Gasteiger partial charge on any atom is 0.340 e. The fraction of sp³-hybridized carbons (Fsp3) is 0.333. The van der Waals surface area contributed by atoms with Gasteiger partial charge in [0.25, 0.3) is 0 Å². The molecule has 98 valence electrons. The highest BCUT2D eigenvalue weighted by Gasteiger charge is 2.14. The molecule has 0 amide bonds. The van der Waals surface area contributed by atoms with Crippen molar-refractivity contribution in [2.24, 2.45) is 0 Å². The van der Waals surface area contributed by atoms with E-state index in [2.05, 4.69) is 10.9 Å². The zero-order chi connectivity index (χ0) is 13.7. The van der Waals surface area contributed by atoms with E-state index in [1.807, 2.05) is 0 Å². The second-order valence-corrected chi connectivity index (χ2v) is 4.18. The molecule has 1 heterocycles. The van der Waals surface area contributed by atoms with Gasteiger partial charge in [0.2, 0.25) is 0 Å². The minimum absolute atomic E-state index is 0.369. The summed E-state index contributed by atoms with van der Waals surface area (Å²) in [4.78, 5) is 16.2. The molecule has 0 radical (unpaired) electrons. The van der Waals surface area contributed by atoms with E-state index in [1.54, 1.807) is 25.1 Å². The van der Waals surface area contributed by atoms with Crippen LogP contribution in [0.4, 0.5) is 0 Å². The molecular formula is C15H15NO3. The van der Waals surface area contributed by atoms with Crippen molar-refractivity contribution in [3.63, 3.8) is 0 Å². The Bertz CT molecular complexity index is 622. The smallest absolute Gasteiger partial charge is 0.340 e. The molecule has 4 heteroatoms. The number of fused-ring (bicyclic) bond motifs is 1. The van der Waals surface area contributed by atoms with E-state index >= 15 is 0 Å². The Labute approximate surface area is 111 Å². The fourth-order valence-corrected chi connectivity index (χ4v) is 1.80. The van der Waals surface area contributed by atoms with Crippen molar-refractivity contribution in [2.45, 2.75) is 26.2 Å². The Kier molecular flexibility index (Phi) is 4.19. The number of nitrogens with zero attached hydrogens (tertiary/aromatic N) is 1. The summed E-state index contributed by atoms with van der Waals surface area (Å²) < 4.78 is 10.6. The van der Waals surface area contributed by atoms with Crippen LogP contribution in [-0.2, 0) is 4.74 Å². The minimum Gasteiger partial charge on any atom is -0.462 e. The lowest BCUT2D eigenvalue weighted by atomic mass is 10.2. The molecule has 0 N–H and O–H groups in total. The summed E-state index contributed by atoms with van der Waals surface area (Å²) in [6.45, 7) is 2.11. The first-order valence-corrected chi connectivity index (χ1v) is 6.19. The lowest BCUT2D eigenvalue weighted by Gasteiger charge is -2.04. The van der Waals surface area contributed by atoms with Crippen LogP contribution in [0.1, 0.15) is 35.5 Å². The zero-order valence-electron chi connectivity index (χ0n) is 10.8. The molecule has 0 saturated heterocycles. The number of aryl methyl sites for hydroxylation is 1. The van der Waals surface area contributed by atoms with E-state index in [9.17, 15) is 4.79 Å². The second kappa shape index (κ2) is 6.05. The van der Waals surface area contributed by atoms with Gasteiger partial charge in [0.15, 0.2) is 11.5 Å². The number of carbonyl (C=O) groups excluding carboxylic acids is 1. The van der Waals surface area contributed by atoms with Crippen LogP contribution < -0.4 is 0 Å². The molecule has 19 heavy (non-hydrogen) atoms. The molecule has 2 aromatic rings. The van der Waals surface area contributed by atoms with E-state index in [-0.39, 0.29) is 5.97 Å². The summed E-state index contributed by atoms with van der Waals surface area (Å²) in [5.74, 6) is 2.71. The Morgan fingerprint density at radius 2 is 2.32 bits per heavy atom. The van der Waals surface area contributed by atoms with Crippen LogP contribution >= 0.6 is 0 Å². The van der Waals surface area contributed by atoms with Gasteiger partial charge in [0, 0.05) is 13.3 Å². The highest BCUT2D eigenvalue weighted by Crippen LogP contribution is 2.20. The standard InChI is InChI=1S/C15H15NO3/c1-3-4-5-6-10-18-15(17)12-8-7-9-13-14(12)16-11(2)19-13/h1,7-9H,4-6,10H2,2H3. The van der Waals surface area contributed by atoms with Crippen molar-refractivity contribution in [3.8, 4) is 12.3 Å². The SMILES string of the molecule is C#CCCCCOC(=O)c1cccc2oc(C)nc12. The van der Waals surface area contributed by atoms with Crippen LogP contribution in [0.15, 0.2) is 22.6 Å². The molecule has 0 spiro atoms. The molecule has 0 aliphatic rings. The third-order valence-corrected chi connectivity index (χ3v) is 2.69. The van der Waals surface area contributed by atoms with Gasteiger partial charge in [-0.2, -0.15) is 0 Å². The molecule has 0 saturated carbocycles. The number of ether oxygens (including phenoxy) is 1. The van der Waals surface area contributed by atoms with Crippen LogP contribution in [0.5, 0.6) is 0 Å². The van der Waals surface area contributed by atoms with Crippen LogP contribution in [0, 0.1) is 19.3 Å². The predicted molar refractivity (Wildman–Crippen MR) is 71.7 cm³/mol. The third-order valence-electron chi connectivity index (χ3n) is 2.69. The minimum atomic E-state index is -0.375. The van der Waals surface area contributed by atoms with Gasteiger partial charge in [-0.1, -0.05) is 6.07 Å². The van der Waals surface area contributed by atoms with E-state index in [0.29, 0.717) is 35.6 Å². The topological polar surface area (TPSA) is 52.3 Å². The molecule has 0 fully saturated rings. The fourth-order valence-electron chi connectivity index (χ4n) is 1.80. The van der Waals surface area contributed by atoms with E-state index in [0.717, 1.165) is 12.8 Å². The molecule has 0 aliphatic carbocycles. The number of rotatable bonds is 5. The Morgan fingerprint density at radius 3 is 3.11 bits per heavy atom. The van der Waals surface area contributed by atoms with Crippen molar-refractivity contribution in [3.05, 3.63) is 29.7 Å². The Morgan fingerprint density at radius 1 is 1.47 bits per heavy atom. The number of esters is 1. The first kappa shape index (κ1) is 13.2. The number of unbranched alkanes of at least 4 members (excludes halogenated alkanes) is 2. The number of hydrogen-bond acceptors (Lipinski definition) is 4. The van der Waals surface area contributed by atoms with Gasteiger partial charge in [-0.25, -0.2) is 9.78 Å². The molecular weight excluding hydrogens is 242 g/mol. The third kappa shape index (κ3) is 3.14. The molecule has 4 nitrogen and oxygen atoms in total. The summed E-state index contributed by atoms with van der Waals surface area (Å²) >= 11 is 0. The summed E-state index contributed by atoms with van der Waals surface area (Å²) in [5.41, 5.74) is 1.58. The van der Waals surface area contributed by atoms with Gasteiger partial charge in [-0.05, 0) is 25.0 Å². The Balaban J connectivity index is 2.03. The summed E-state index contributed by atoms with van der Waals surface area (Å²) in [6, 6.07) is 5.22. The maximum atomic E-state index is 12.0. The highest BCUT2D eigenvalue weighted by atomic mass is 16.5. The zero-order valence-corrected chi connectivity index (χ0v) is 10.8. The van der Waals surface area contributed by atoms with Crippen LogP contribution in [-0.4, -0.2) is 17.6 Å². The molecule has 0 bridgehead atoms. The maximum absolute atomic E-state index is 12.0. The van der Waals surface area contributed by atoms with Gasteiger partial charge in [0.1, 0.15) is 5.52 Å². The second-order valence-electron chi connectivity index (χ2n) is 4.18. The molecule has 0 aliphatic heterocycles. The number of terminal acetylenes is 1. The summed E-state index contributed by atoms with van der Waals surface area (Å²) in [6.07, 6.45) is 7.48. The highest BCUT2D eigenvalue weighted by molar-refractivity contribution is 6.01. The number of oxazole rings is 1. The lowest BCUT2D eigenvalue weighted by Crippen LogP contribution is -2.07. The number of carbonyl (C=O) groups is 1. The average Bonchev–Trinajstić information content (AvgIpc) is 2.78. The van der Waals surface area contributed by atoms with Crippen LogP contribution in [0.25, 0.3) is 11.1 Å². The predicted octanol–water partition coefficient (Wildman–Crippen LogP) is 3.10. The molecule has 1 aromatic carbocycles. The van der Waals surface area contributed by atoms with E-state index in [1.165, 1.54) is 0 Å². The van der Waals surface area contributed by atoms with Crippen molar-refractivity contribution in [1.82, 2.24) is 4.98 Å². The molecule has 1 aromatic heterocycles. The van der Waals surface area contributed by atoms with Crippen molar-refractivity contribution < 1.29 is 13.9 Å². The number of benzene rings is 1. The van der Waals surface area contributed by atoms with Gasteiger partial charge in [-0.3, -0.25) is 0 Å². The first-order valence-electron chi connectivity index (χ1n) is 6.19. The lowest BCUT2D eigenvalue weighted by molar-refractivity contribution is 0.0501. The van der Waals surface area contributed by atoms with Crippen molar-refractivity contribution in [1.29, 1.82) is 0 Å². The first-order chi connectivity index (χ1) is 9.22. The number of hydrogen-bond donors (Lipinski definition) is 0. The number of para-hydroxylation sites is 1. The average molecular weight is 257 g/mol. The van der Waals surface area contributed by atoms with Crippen molar-refractivity contribution in [2.75, 3.05) is 6.61 Å². The largest absolute Gasteiger partial charge is 0.462 e. The van der Waals surface area contributed by atoms with E-state index in [4.69, 9.17) is 15.6 Å². The number of aromatic nitrogens is 1. The molecule has 0 unspecified atom stereocenters. The molecule has 2 rings (SSSR count). The monoisotopic (exact) mass is 257 g/mol. The van der Waals surface area contributed by atoms with Crippen LogP contribution in [0.2, 0.25) is 0 Å². The van der Waals surface area contributed by atoms with Gasteiger partial charge in [-0.15, -0.1) is 12.3 Å². The van der Waals surface area contributed by atoms with E-state index < -0.39 is 0 Å². The Hall–Kier alpha value is -2.28. The van der Waals surface area contributed by atoms with Crippen molar-refractivity contribution >= 4 is 17.1 Å². The summed E-state index contributed by atoms with van der Waals surface area (Å²) in [5, 5.41) is 0. The van der Waals surface area contributed by atoms with Gasteiger partial charge in [0.05, 0.1) is 12.2 Å². The summed E-state index contributed by atoms with van der Waals surface area (Å²) in [7, 11) is 0. The molecule has 0 atom stereocenters. The quantitative estimate of drug-likeness (QED) is 0.469. The van der Waals surface area contributed by atoms with Crippen LogP contribution in [0.3, 0.4) is 0 Å². The van der Waals surface area contributed by atoms with Gasteiger partial charge < -0.3 is 9.15 Å². The normalized spacial score (nSPS) is 10.3.